The molecule has 3 rings (SSSR count). The number of aliphatic hydroxyl groups excluding tert-OH is 2. The van der Waals surface area contributed by atoms with Crippen LogP contribution in [-0.4, -0.2) is 50.7 Å². The molecule has 0 spiro atoms. The van der Waals surface area contributed by atoms with Gasteiger partial charge in [0.25, 0.3) is 0 Å². The number of ether oxygens (including phenoxy) is 2. The van der Waals surface area contributed by atoms with Gasteiger partial charge in [-0.1, -0.05) is 95.2 Å². The van der Waals surface area contributed by atoms with Gasteiger partial charge in [-0.25, -0.2) is 0 Å². The SMILES string of the molecule is C=CC.C=CC=O.C=O.CCCCCCCCCC1CCC(c2ccc(-c3cc(OCC)cc(OCC)c3)cc2)CC1.CO.CO. The number of carbonyl (C=O) groups excluding carboxylic acids is 2. The van der Waals surface area contributed by atoms with E-state index in [-0.39, 0.29) is 0 Å². The Bertz CT molecular complexity index is 918. The fourth-order valence-electron chi connectivity index (χ4n) is 5.36. The molecule has 6 nitrogen and oxygen atoms in total. The number of unbranched alkanes of at least 4 members (excludes halogenated alkanes) is 6. The molecule has 2 N–H and O–H groups in total. The second-order valence-electron chi connectivity index (χ2n) is 10.6. The largest absolute Gasteiger partial charge is 0.494 e. The topological polar surface area (TPSA) is 93.1 Å². The highest BCUT2D eigenvalue weighted by Crippen LogP contribution is 2.39. The van der Waals surface area contributed by atoms with Crippen LogP contribution in [0.3, 0.4) is 0 Å². The number of rotatable bonds is 15. The minimum absolute atomic E-state index is 0.639. The number of aliphatic hydroxyl groups is 2. The lowest BCUT2D eigenvalue weighted by Gasteiger charge is -2.29. The molecule has 1 fully saturated rings. The minimum atomic E-state index is 0.639. The monoisotopic (exact) mass is 642 g/mol. The van der Waals surface area contributed by atoms with Crippen molar-refractivity contribution in [2.45, 2.75) is 111 Å². The Morgan fingerprint density at radius 1 is 0.717 bits per heavy atom. The Hall–Kier alpha value is -3.22. The van der Waals surface area contributed by atoms with Gasteiger partial charge in [0.15, 0.2) is 0 Å². The van der Waals surface area contributed by atoms with Gasteiger partial charge in [-0.05, 0) is 93.2 Å². The van der Waals surface area contributed by atoms with Crippen molar-refractivity contribution < 1.29 is 29.3 Å². The Labute approximate surface area is 281 Å². The Morgan fingerprint density at radius 3 is 1.57 bits per heavy atom. The van der Waals surface area contributed by atoms with Crippen LogP contribution in [0.1, 0.15) is 116 Å². The molecule has 0 saturated heterocycles. The summed E-state index contributed by atoms with van der Waals surface area (Å²) in [7, 11) is 2.00. The van der Waals surface area contributed by atoms with Crippen LogP contribution in [0.5, 0.6) is 11.5 Å². The van der Waals surface area contributed by atoms with Crippen molar-refractivity contribution in [3.63, 3.8) is 0 Å². The van der Waals surface area contributed by atoms with E-state index in [2.05, 4.69) is 56.5 Å². The predicted molar refractivity (Wildman–Crippen MR) is 197 cm³/mol. The normalized spacial score (nSPS) is 14.2. The zero-order valence-corrected chi connectivity index (χ0v) is 30.0. The van der Waals surface area contributed by atoms with Gasteiger partial charge >= 0.3 is 0 Å². The summed E-state index contributed by atoms with van der Waals surface area (Å²) < 4.78 is 11.5. The Balaban J connectivity index is -0.00000124. The van der Waals surface area contributed by atoms with Gasteiger partial charge in [-0.2, -0.15) is 0 Å². The molecule has 0 heterocycles. The third kappa shape index (κ3) is 23.2. The Morgan fingerprint density at radius 2 is 1.15 bits per heavy atom. The number of hydrogen-bond donors (Lipinski definition) is 2. The van der Waals surface area contributed by atoms with Crippen molar-refractivity contribution in [2.24, 2.45) is 5.92 Å². The molecule has 0 aliphatic heterocycles. The first-order chi connectivity index (χ1) is 22.6. The highest BCUT2D eigenvalue weighted by Gasteiger charge is 2.22. The molecule has 0 aromatic heterocycles. The second-order valence-corrected chi connectivity index (χ2v) is 10.6. The first-order valence-corrected chi connectivity index (χ1v) is 16.9. The predicted octanol–water partition coefficient (Wildman–Crippen LogP) is 10.2. The summed E-state index contributed by atoms with van der Waals surface area (Å²) in [6.07, 6.45) is 20.6. The molecule has 1 aliphatic rings. The van der Waals surface area contributed by atoms with Gasteiger partial charge in [0.2, 0.25) is 0 Å². The van der Waals surface area contributed by atoms with Crippen LogP contribution >= 0.6 is 0 Å². The van der Waals surface area contributed by atoms with E-state index in [1.165, 1.54) is 94.3 Å². The van der Waals surface area contributed by atoms with Gasteiger partial charge < -0.3 is 24.5 Å². The molecular weight excluding hydrogens is 576 g/mol. The molecule has 0 bridgehead atoms. The lowest BCUT2D eigenvalue weighted by molar-refractivity contribution is -0.104. The summed E-state index contributed by atoms with van der Waals surface area (Å²) in [5.41, 5.74) is 3.90. The van der Waals surface area contributed by atoms with Crippen molar-refractivity contribution in [1.29, 1.82) is 0 Å². The highest BCUT2D eigenvalue weighted by atomic mass is 16.5. The van der Waals surface area contributed by atoms with Crippen molar-refractivity contribution in [3.8, 4) is 22.6 Å². The van der Waals surface area contributed by atoms with E-state index < -0.39 is 0 Å². The van der Waals surface area contributed by atoms with Crippen LogP contribution in [0.4, 0.5) is 0 Å². The summed E-state index contributed by atoms with van der Waals surface area (Å²) in [4.78, 5) is 17.1. The minimum Gasteiger partial charge on any atom is -0.494 e. The summed E-state index contributed by atoms with van der Waals surface area (Å²) in [5, 5.41) is 14.0. The average Bonchev–Trinajstić information content (AvgIpc) is 3.11. The van der Waals surface area contributed by atoms with Crippen LogP contribution in [0.2, 0.25) is 0 Å². The van der Waals surface area contributed by atoms with Crippen molar-refractivity contribution in [3.05, 3.63) is 73.3 Å². The highest BCUT2D eigenvalue weighted by molar-refractivity contribution is 5.67. The zero-order chi connectivity index (χ0) is 35.4. The second kappa shape index (κ2) is 36.3. The van der Waals surface area contributed by atoms with Crippen molar-refractivity contribution in [1.82, 2.24) is 0 Å². The average molecular weight is 643 g/mol. The number of hydrogen-bond acceptors (Lipinski definition) is 6. The van der Waals surface area contributed by atoms with Crippen LogP contribution in [0, 0.1) is 5.92 Å². The van der Waals surface area contributed by atoms with Gasteiger partial charge in [-0.15, -0.1) is 6.58 Å². The molecule has 262 valence electrons. The molecule has 6 heteroatoms. The van der Waals surface area contributed by atoms with Crippen molar-refractivity contribution in [2.75, 3.05) is 27.4 Å². The number of carbonyl (C=O) groups is 2. The number of aldehydes is 1. The van der Waals surface area contributed by atoms with E-state index in [1.54, 1.807) is 6.08 Å². The smallest absolute Gasteiger partial charge is 0.142 e. The molecule has 0 unspecified atom stereocenters. The van der Waals surface area contributed by atoms with Gasteiger partial charge in [-0.3, -0.25) is 4.79 Å². The summed E-state index contributed by atoms with van der Waals surface area (Å²) >= 11 is 0. The first kappa shape index (κ1) is 47.2. The maximum Gasteiger partial charge on any atom is 0.142 e. The van der Waals surface area contributed by atoms with Gasteiger partial charge in [0, 0.05) is 20.3 Å². The van der Waals surface area contributed by atoms with Crippen LogP contribution in [-0.2, 0) is 9.59 Å². The molecule has 0 radical (unpaired) electrons. The number of benzene rings is 2. The maximum atomic E-state index is 9.06. The van der Waals surface area contributed by atoms with Crippen LogP contribution < -0.4 is 9.47 Å². The summed E-state index contributed by atoms with van der Waals surface area (Å²) in [5.74, 6) is 3.45. The molecule has 0 atom stereocenters. The third-order valence-electron chi connectivity index (χ3n) is 7.38. The molecule has 2 aromatic rings. The Kier molecular flexibility index (Phi) is 37.2. The zero-order valence-electron chi connectivity index (χ0n) is 30.0. The van der Waals surface area contributed by atoms with Crippen LogP contribution in [0.15, 0.2) is 67.8 Å². The number of allylic oxidation sites excluding steroid dienone is 2. The molecular formula is C40H66O6. The van der Waals surface area contributed by atoms with Gasteiger partial charge in [0.1, 0.15) is 24.6 Å². The van der Waals surface area contributed by atoms with Gasteiger partial charge in [0.05, 0.1) is 13.2 Å². The van der Waals surface area contributed by atoms with E-state index in [0.29, 0.717) is 19.5 Å². The van der Waals surface area contributed by atoms with E-state index in [0.717, 1.165) is 43.1 Å². The van der Waals surface area contributed by atoms with E-state index in [4.69, 9.17) is 29.3 Å². The lowest BCUT2D eigenvalue weighted by Crippen LogP contribution is -2.13. The summed E-state index contributed by atoms with van der Waals surface area (Å²) in [6, 6.07) is 15.5. The standard InChI is InChI=1S/C31H46O2.C3H4O.C3H6.2CH4O.CH2O/c1-4-7-8-9-10-11-12-13-25-14-16-26(17-15-25)27-18-20-28(21-19-27)29-22-30(32-5-2)24-31(23-29)33-6-3;1-2-3-4;1-3-2;3*1-2/h18-26H,4-17H2,1-3H3;2-3H,1H2;3H,1H2,2H3;2*2H,1H3;1H2. The lowest BCUT2D eigenvalue weighted by atomic mass is 9.77. The molecule has 1 aliphatic carbocycles. The molecule has 1 saturated carbocycles. The molecule has 46 heavy (non-hydrogen) atoms. The van der Waals surface area contributed by atoms with Crippen LogP contribution in [0.25, 0.3) is 11.1 Å². The summed E-state index contributed by atoms with van der Waals surface area (Å²) in [6.45, 7) is 18.0. The van der Waals surface area contributed by atoms with E-state index in [1.807, 2.05) is 33.6 Å². The fraction of sp³-hybridized carbons (Fsp3) is 0.550. The fourth-order valence-corrected chi connectivity index (χ4v) is 5.36. The van der Waals surface area contributed by atoms with E-state index in [9.17, 15) is 0 Å². The third-order valence-corrected chi connectivity index (χ3v) is 7.38. The maximum absolute atomic E-state index is 9.06. The quantitative estimate of drug-likeness (QED) is 0.0869. The van der Waals surface area contributed by atoms with E-state index >= 15 is 0 Å². The molecule has 0 amide bonds. The van der Waals surface area contributed by atoms with Crippen molar-refractivity contribution >= 4 is 13.1 Å². The molecule has 2 aromatic carbocycles. The first-order valence-electron chi connectivity index (χ1n) is 16.9.